The van der Waals surface area contributed by atoms with E-state index < -0.39 is 0 Å². The third-order valence-corrected chi connectivity index (χ3v) is 4.65. The molecule has 0 bridgehead atoms. The summed E-state index contributed by atoms with van der Waals surface area (Å²) in [5.41, 5.74) is 1.68. The molecule has 0 spiro atoms. The topological polar surface area (TPSA) is 53.5 Å². The maximum atomic E-state index is 12.7. The number of aromatic nitrogens is 1. The van der Waals surface area contributed by atoms with E-state index in [-0.39, 0.29) is 17.9 Å². The Kier molecular flexibility index (Phi) is 5.43. The molecule has 5 nitrogen and oxygen atoms in total. The van der Waals surface area contributed by atoms with E-state index in [1.807, 2.05) is 35.2 Å². The summed E-state index contributed by atoms with van der Waals surface area (Å²) in [4.78, 5) is 33.1. The fourth-order valence-electron chi connectivity index (χ4n) is 3.23. The van der Waals surface area contributed by atoms with E-state index in [1.165, 1.54) is 0 Å². The highest BCUT2D eigenvalue weighted by atomic mass is 16.2. The number of hydrogen-bond acceptors (Lipinski definition) is 3. The average molecular weight is 337 g/mol. The summed E-state index contributed by atoms with van der Waals surface area (Å²) in [6.45, 7) is 3.66. The summed E-state index contributed by atoms with van der Waals surface area (Å²) < 4.78 is 0. The molecule has 2 aromatic rings. The van der Waals surface area contributed by atoms with Gasteiger partial charge in [0.1, 0.15) is 0 Å². The normalized spacial score (nSPS) is 18.1. The standard InChI is InChI=1S/C20H23N3O2/c1-2-18-15-22(20(25)17-9-6-11-21-13-17)12-10-19(24)23(18)14-16-7-4-3-5-8-16/h3-9,11,13,18H,2,10,12,14-15H2,1H3. The van der Waals surface area contributed by atoms with Crippen molar-refractivity contribution in [3.8, 4) is 0 Å². The molecule has 1 aliphatic rings. The lowest BCUT2D eigenvalue weighted by atomic mass is 10.1. The van der Waals surface area contributed by atoms with Crippen molar-refractivity contribution in [2.45, 2.75) is 32.4 Å². The van der Waals surface area contributed by atoms with Gasteiger partial charge in [0, 0.05) is 44.5 Å². The van der Waals surface area contributed by atoms with E-state index in [9.17, 15) is 9.59 Å². The van der Waals surface area contributed by atoms with Crippen molar-refractivity contribution < 1.29 is 9.59 Å². The first-order chi connectivity index (χ1) is 12.2. The molecule has 0 radical (unpaired) electrons. The van der Waals surface area contributed by atoms with Gasteiger partial charge in [0.2, 0.25) is 5.91 Å². The molecule has 1 aromatic heterocycles. The van der Waals surface area contributed by atoms with Crippen molar-refractivity contribution >= 4 is 11.8 Å². The number of carbonyl (C=O) groups excluding carboxylic acids is 2. The zero-order chi connectivity index (χ0) is 17.6. The van der Waals surface area contributed by atoms with Gasteiger partial charge in [0.05, 0.1) is 5.56 Å². The van der Waals surface area contributed by atoms with Crippen molar-refractivity contribution in [2.75, 3.05) is 13.1 Å². The van der Waals surface area contributed by atoms with Gasteiger partial charge in [-0.1, -0.05) is 37.3 Å². The third kappa shape index (κ3) is 4.05. The highest BCUT2D eigenvalue weighted by Gasteiger charge is 2.31. The molecule has 1 aliphatic heterocycles. The molecule has 1 unspecified atom stereocenters. The summed E-state index contributed by atoms with van der Waals surface area (Å²) >= 11 is 0. The van der Waals surface area contributed by atoms with Crippen LogP contribution in [0.1, 0.15) is 35.7 Å². The second-order valence-corrected chi connectivity index (χ2v) is 6.31. The first kappa shape index (κ1) is 17.1. The number of rotatable bonds is 4. The van der Waals surface area contributed by atoms with Gasteiger partial charge in [0.25, 0.3) is 5.91 Å². The fraction of sp³-hybridized carbons (Fsp3) is 0.350. The van der Waals surface area contributed by atoms with Gasteiger partial charge in [0.15, 0.2) is 0 Å². The predicted molar refractivity (Wildman–Crippen MR) is 95.8 cm³/mol. The zero-order valence-electron chi connectivity index (χ0n) is 14.5. The van der Waals surface area contributed by atoms with Crippen LogP contribution in [0, 0.1) is 0 Å². The monoisotopic (exact) mass is 337 g/mol. The van der Waals surface area contributed by atoms with Crippen molar-refractivity contribution in [2.24, 2.45) is 0 Å². The molecular formula is C20H23N3O2. The summed E-state index contributed by atoms with van der Waals surface area (Å²) in [6, 6.07) is 13.6. The predicted octanol–water partition coefficient (Wildman–Crippen LogP) is 2.73. The molecule has 0 N–H and O–H groups in total. The lowest BCUT2D eigenvalue weighted by Gasteiger charge is -2.31. The van der Waals surface area contributed by atoms with Crippen LogP contribution < -0.4 is 0 Å². The minimum Gasteiger partial charge on any atom is -0.336 e. The van der Waals surface area contributed by atoms with Crippen LogP contribution >= 0.6 is 0 Å². The van der Waals surface area contributed by atoms with Crippen molar-refractivity contribution in [3.63, 3.8) is 0 Å². The highest BCUT2D eigenvalue weighted by Crippen LogP contribution is 2.19. The van der Waals surface area contributed by atoms with E-state index >= 15 is 0 Å². The molecule has 2 heterocycles. The Morgan fingerprint density at radius 1 is 1.20 bits per heavy atom. The van der Waals surface area contributed by atoms with Crippen LogP contribution in [0.4, 0.5) is 0 Å². The number of nitrogens with zero attached hydrogens (tertiary/aromatic N) is 3. The molecule has 2 amide bonds. The molecule has 1 aromatic carbocycles. The largest absolute Gasteiger partial charge is 0.336 e. The summed E-state index contributed by atoms with van der Waals surface area (Å²) in [7, 11) is 0. The second-order valence-electron chi connectivity index (χ2n) is 6.31. The van der Waals surface area contributed by atoms with Crippen LogP contribution in [0.25, 0.3) is 0 Å². The first-order valence-corrected chi connectivity index (χ1v) is 8.71. The maximum absolute atomic E-state index is 12.7. The quantitative estimate of drug-likeness (QED) is 0.862. The Bertz CT molecular complexity index is 718. The van der Waals surface area contributed by atoms with Crippen LogP contribution in [0.5, 0.6) is 0 Å². The van der Waals surface area contributed by atoms with Gasteiger partial charge in [-0.2, -0.15) is 0 Å². The molecule has 1 atom stereocenters. The van der Waals surface area contributed by atoms with E-state index in [2.05, 4.69) is 11.9 Å². The van der Waals surface area contributed by atoms with Gasteiger partial charge in [-0.05, 0) is 24.1 Å². The van der Waals surface area contributed by atoms with Gasteiger partial charge < -0.3 is 9.80 Å². The van der Waals surface area contributed by atoms with E-state index in [0.717, 1.165) is 12.0 Å². The van der Waals surface area contributed by atoms with Gasteiger partial charge in [-0.25, -0.2) is 0 Å². The number of pyridine rings is 1. The molecule has 5 heteroatoms. The Balaban J connectivity index is 1.77. The van der Waals surface area contributed by atoms with Gasteiger partial charge in [-0.3, -0.25) is 14.6 Å². The van der Waals surface area contributed by atoms with Crippen LogP contribution in [-0.2, 0) is 11.3 Å². The van der Waals surface area contributed by atoms with Crippen molar-refractivity contribution in [1.82, 2.24) is 14.8 Å². The fourth-order valence-corrected chi connectivity index (χ4v) is 3.23. The van der Waals surface area contributed by atoms with E-state index in [1.54, 1.807) is 29.4 Å². The van der Waals surface area contributed by atoms with Crippen LogP contribution in [0.15, 0.2) is 54.9 Å². The smallest absolute Gasteiger partial charge is 0.255 e. The molecule has 25 heavy (non-hydrogen) atoms. The SMILES string of the molecule is CCC1CN(C(=O)c2cccnc2)CCC(=O)N1Cc1ccccc1. The van der Waals surface area contributed by atoms with E-state index in [0.29, 0.717) is 31.6 Å². The molecule has 3 rings (SSSR count). The zero-order valence-corrected chi connectivity index (χ0v) is 14.5. The summed E-state index contributed by atoms with van der Waals surface area (Å²) in [5, 5.41) is 0. The number of amides is 2. The molecule has 130 valence electrons. The minimum absolute atomic E-state index is 0.0239. The van der Waals surface area contributed by atoms with Gasteiger partial charge in [-0.15, -0.1) is 0 Å². The average Bonchev–Trinajstić information content (AvgIpc) is 2.82. The number of carbonyl (C=O) groups is 2. The van der Waals surface area contributed by atoms with Crippen molar-refractivity contribution in [1.29, 1.82) is 0 Å². The molecular weight excluding hydrogens is 314 g/mol. The summed E-state index contributed by atoms with van der Waals surface area (Å²) in [6.07, 6.45) is 4.40. The molecule has 0 saturated carbocycles. The van der Waals surface area contributed by atoms with Crippen LogP contribution in [0.2, 0.25) is 0 Å². The molecule has 0 aliphatic carbocycles. The lowest BCUT2D eigenvalue weighted by molar-refractivity contribution is -0.133. The Morgan fingerprint density at radius 2 is 2.00 bits per heavy atom. The maximum Gasteiger partial charge on any atom is 0.255 e. The Hall–Kier alpha value is -2.69. The first-order valence-electron chi connectivity index (χ1n) is 8.71. The van der Waals surface area contributed by atoms with Crippen LogP contribution in [-0.4, -0.2) is 45.7 Å². The Morgan fingerprint density at radius 3 is 2.68 bits per heavy atom. The number of hydrogen-bond donors (Lipinski definition) is 0. The molecule has 1 fully saturated rings. The lowest BCUT2D eigenvalue weighted by Crippen LogP contribution is -2.43. The minimum atomic E-state index is -0.0547. The third-order valence-electron chi connectivity index (χ3n) is 4.65. The van der Waals surface area contributed by atoms with Crippen molar-refractivity contribution in [3.05, 3.63) is 66.0 Å². The molecule has 1 saturated heterocycles. The second kappa shape index (κ2) is 7.92. The van der Waals surface area contributed by atoms with E-state index in [4.69, 9.17) is 0 Å². The van der Waals surface area contributed by atoms with Gasteiger partial charge >= 0.3 is 0 Å². The Labute approximate surface area is 148 Å². The highest BCUT2D eigenvalue weighted by molar-refractivity contribution is 5.94. The number of benzene rings is 1. The van der Waals surface area contributed by atoms with Crippen LogP contribution in [0.3, 0.4) is 0 Å². The summed E-state index contributed by atoms with van der Waals surface area (Å²) in [5.74, 6) is 0.0538.